The van der Waals surface area contributed by atoms with Gasteiger partial charge in [-0.25, -0.2) is 0 Å². The first-order valence-corrected chi connectivity index (χ1v) is 9.10. The second kappa shape index (κ2) is 9.58. The maximum atomic E-state index is 11.0. The average Bonchev–Trinajstić information content (AvgIpc) is 2.23. The molecule has 2 atom stereocenters. The van der Waals surface area contributed by atoms with Crippen LogP contribution in [0, 0.1) is 0 Å². The van der Waals surface area contributed by atoms with Crippen LogP contribution >= 0.6 is 15.2 Å². The van der Waals surface area contributed by atoms with E-state index < -0.39 is 26.7 Å². The summed E-state index contributed by atoms with van der Waals surface area (Å²) in [5, 5.41) is 6.00. The molecule has 0 bridgehead atoms. The van der Waals surface area contributed by atoms with Crippen molar-refractivity contribution in [2.75, 3.05) is 20.1 Å². The minimum atomic E-state index is -5.64. The van der Waals surface area contributed by atoms with E-state index in [1.165, 1.54) is 0 Å². The standard InChI is InChI=1S/C9H23NO7P2.Ca/c1-3-4-5-7-10(2)8-6-9(11,18(12,13)14)19(15,16)17;/h11H,3-8H2,1-2H3,(H2,12,13,14)(H2,15,16,17);/q;+2/p-2. The van der Waals surface area contributed by atoms with E-state index in [4.69, 9.17) is 9.79 Å². The van der Waals surface area contributed by atoms with Crippen molar-refractivity contribution in [3.63, 3.8) is 0 Å². The molecular formula is C9H21CaNO7P2. The molecule has 0 aliphatic carbocycles. The van der Waals surface area contributed by atoms with Crippen LogP contribution < -0.4 is 9.79 Å². The minimum absolute atomic E-state index is 0. The van der Waals surface area contributed by atoms with Crippen molar-refractivity contribution in [2.45, 2.75) is 37.7 Å². The maximum Gasteiger partial charge on any atom is 2.00 e. The second-order valence-electron chi connectivity index (χ2n) is 4.58. The third kappa shape index (κ3) is 7.16. The van der Waals surface area contributed by atoms with Gasteiger partial charge in [-0.2, -0.15) is 0 Å². The number of hydrogen-bond acceptors (Lipinski definition) is 6. The first-order chi connectivity index (χ1) is 8.45. The molecule has 0 rings (SSSR count). The number of unbranched alkanes of at least 4 members (excludes halogenated alkanes) is 2. The number of aliphatic hydroxyl groups is 1. The molecule has 0 aliphatic heterocycles. The summed E-state index contributed by atoms with van der Waals surface area (Å²) in [6.45, 7) is 2.50. The quantitative estimate of drug-likeness (QED) is 0.267. The zero-order valence-corrected chi connectivity index (χ0v) is 15.8. The SMILES string of the molecule is CCCCCN(C)CCC(O)(P(=O)([O-])O)P(=O)([O-])O.[Ca+2]. The predicted molar refractivity (Wildman–Crippen MR) is 72.0 cm³/mol. The Labute approximate surface area is 148 Å². The van der Waals surface area contributed by atoms with E-state index in [-0.39, 0.29) is 44.3 Å². The Kier molecular flexibility index (Phi) is 11.4. The van der Waals surface area contributed by atoms with Crippen LogP contribution in [0.25, 0.3) is 0 Å². The molecule has 0 aromatic heterocycles. The molecule has 0 aliphatic rings. The van der Waals surface area contributed by atoms with Crippen LogP contribution in [0.15, 0.2) is 0 Å². The summed E-state index contributed by atoms with van der Waals surface area (Å²) in [7, 11) is -9.67. The van der Waals surface area contributed by atoms with Crippen molar-refractivity contribution in [2.24, 2.45) is 0 Å². The fourth-order valence-electron chi connectivity index (χ4n) is 1.53. The molecule has 11 heteroatoms. The van der Waals surface area contributed by atoms with Crippen LogP contribution in [0.3, 0.4) is 0 Å². The zero-order chi connectivity index (χ0) is 15.3. The summed E-state index contributed by atoms with van der Waals surface area (Å²) < 4.78 is 21.9. The Morgan fingerprint density at radius 2 is 1.55 bits per heavy atom. The summed E-state index contributed by atoms with van der Waals surface area (Å²) in [4.78, 5) is 41.1. The zero-order valence-electron chi connectivity index (χ0n) is 11.8. The number of hydrogen-bond donors (Lipinski definition) is 3. The van der Waals surface area contributed by atoms with Crippen molar-refractivity contribution < 1.29 is 33.8 Å². The number of nitrogens with zero attached hydrogens (tertiary/aromatic N) is 1. The first kappa shape index (κ1) is 23.7. The van der Waals surface area contributed by atoms with Gasteiger partial charge in [0, 0.05) is 13.0 Å². The van der Waals surface area contributed by atoms with Gasteiger partial charge in [0.15, 0.2) is 20.3 Å². The monoisotopic (exact) mass is 357 g/mol. The molecule has 8 nitrogen and oxygen atoms in total. The van der Waals surface area contributed by atoms with Crippen molar-refractivity contribution >= 4 is 52.9 Å². The third-order valence-corrected chi connectivity index (χ3v) is 6.65. The Hall–Kier alpha value is 1.48. The van der Waals surface area contributed by atoms with E-state index in [2.05, 4.69) is 0 Å². The average molecular weight is 357 g/mol. The summed E-state index contributed by atoms with van der Waals surface area (Å²) in [5.41, 5.74) is 0. The molecule has 0 fully saturated rings. The predicted octanol–water partition coefficient (Wildman–Crippen LogP) is -1.14. The van der Waals surface area contributed by atoms with Gasteiger partial charge in [0.2, 0.25) is 0 Å². The fourth-order valence-corrected chi connectivity index (χ4v) is 3.57. The fraction of sp³-hybridized carbons (Fsp3) is 1.00. The van der Waals surface area contributed by atoms with Gasteiger partial charge in [-0.1, -0.05) is 19.8 Å². The molecule has 0 heterocycles. The van der Waals surface area contributed by atoms with Gasteiger partial charge < -0.3 is 38.7 Å². The molecule has 0 saturated carbocycles. The summed E-state index contributed by atoms with van der Waals surface area (Å²) in [5.74, 6) is 0. The maximum absolute atomic E-state index is 11.0. The van der Waals surface area contributed by atoms with Gasteiger partial charge in [0.05, 0.1) is 0 Å². The topological polar surface area (TPSA) is 144 Å². The van der Waals surface area contributed by atoms with E-state index in [0.29, 0.717) is 6.54 Å². The van der Waals surface area contributed by atoms with Crippen LogP contribution in [0.5, 0.6) is 0 Å². The van der Waals surface area contributed by atoms with Gasteiger partial charge in [-0.05, 0) is 20.0 Å². The number of rotatable bonds is 9. The van der Waals surface area contributed by atoms with Crippen LogP contribution in [-0.4, -0.2) is 82.8 Å². The van der Waals surface area contributed by atoms with Gasteiger partial charge in [0.25, 0.3) is 0 Å². The molecule has 2 unspecified atom stereocenters. The van der Waals surface area contributed by atoms with Crippen LogP contribution in [-0.2, 0) is 9.13 Å². The molecule has 0 aromatic rings. The molecule has 0 aromatic carbocycles. The molecule has 0 saturated heterocycles. The molecule has 20 heavy (non-hydrogen) atoms. The summed E-state index contributed by atoms with van der Waals surface area (Å²) in [6, 6.07) is 0. The smallest absolute Gasteiger partial charge is 0.776 e. The van der Waals surface area contributed by atoms with Gasteiger partial charge in [-0.15, -0.1) is 0 Å². The van der Waals surface area contributed by atoms with E-state index in [9.17, 15) is 24.0 Å². The Balaban J connectivity index is 0. The van der Waals surface area contributed by atoms with Crippen LogP contribution in [0.4, 0.5) is 0 Å². The first-order valence-electron chi connectivity index (χ1n) is 5.94. The van der Waals surface area contributed by atoms with Gasteiger partial charge in [-0.3, -0.25) is 0 Å². The van der Waals surface area contributed by atoms with Crippen molar-refractivity contribution in [3.05, 3.63) is 0 Å². The normalized spacial score (nSPS) is 20.6. The molecule has 3 N–H and O–H groups in total. The van der Waals surface area contributed by atoms with Crippen molar-refractivity contribution in [1.82, 2.24) is 4.90 Å². The van der Waals surface area contributed by atoms with Crippen LogP contribution in [0.2, 0.25) is 0 Å². The van der Waals surface area contributed by atoms with E-state index in [1.54, 1.807) is 11.9 Å². The Morgan fingerprint density at radius 3 is 1.90 bits per heavy atom. The van der Waals surface area contributed by atoms with E-state index in [0.717, 1.165) is 19.3 Å². The molecule has 0 amide bonds. The van der Waals surface area contributed by atoms with E-state index >= 15 is 0 Å². The Morgan fingerprint density at radius 1 is 1.10 bits per heavy atom. The largest absolute Gasteiger partial charge is 2.00 e. The minimum Gasteiger partial charge on any atom is -0.776 e. The summed E-state index contributed by atoms with van der Waals surface area (Å²) in [6.07, 6.45) is 1.99. The van der Waals surface area contributed by atoms with Gasteiger partial charge in [0.1, 0.15) is 0 Å². The molecule has 0 spiro atoms. The molecule has 0 radical (unpaired) electrons. The van der Waals surface area contributed by atoms with Crippen LogP contribution in [0.1, 0.15) is 32.6 Å². The molecule has 116 valence electrons. The van der Waals surface area contributed by atoms with Crippen molar-refractivity contribution in [3.8, 4) is 0 Å². The van der Waals surface area contributed by atoms with Crippen molar-refractivity contribution in [1.29, 1.82) is 0 Å². The van der Waals surface area contributed by atoms with Gasteiger partial charge >= 0.3 is 37.7 Å². The summed E-state index contributed by atoms with van der Waals surface area (Å²) >= 11 is 0. The second-order valence-corrected chi connectivity index (χ2v) is 8.49. The Bertz CT molecular complexity index is 347. The van der Waals surface area contributed by atoms with E-state index in [1.807, 2.05) is 6.92 Å². The molecular weight excluding hydrogens is 336 g/mol. The third-order valence-electron chi connectivity index (χ3n) is 2.88.